The SMILES string of the molecule is CCN(CCO)c1ccc(CN)c(Br)c1. The van der Waals surface area contributed by atoms with E-state index in [1.165, 1.54) is 0 Å². The zero-order chi connectivity index (χ0) is 11.3. The lowest BCUT2D eigenvalue weighted by atomic mass is 10.2. The van der Waals surface area contributed by atoms with E-state index in [1.54, 1.807) is 0 Å². The maximum absolute atomic E-state index is 8.93. The van der Waals surface area contributed by atoms with Crippen LogP contribution in [0.1, 0.15) is 12.5 Å². The molecule has 0 saturated heterocycles. The maximum Gasteiger partial charge on any atom is 0.0606 e. The number of nitrogens with two attached hydrogens (primary N) is 1. The van der Waals surface area contributed by atoms with E-state index in [0.717, 1.165) is 22.3 Å². The van der Waals surface area contributed by atoms with Gasteiger partial charge in [-0.2, -0.15) is 0 Å². The smallest absolute Gasteiger partial charge is 0.0606 e. The molecule has 0 aliphatic heterocycles. The highest BCUT2D eigenvalue weighted by Crippen LogP contribution is 2.23. The van der Waals surface area contributed by atoms with Crippen molar-refractivity contribution < 1.29 is 5.11 Å². The van der Waals surface area contributed by atoms with E-state index >= 15 is 0 Å². The lowest BCUT2D eigenvalue weighted by molar-refractivity contribution is 0.302. The summed E-state index contributed by atoms with van der Waals surface area (Å²) in [6.45, 7) is 4.32. The third-order valence-electron chi connectivity index (χ3n) is 2.37. The molecule has 0 saturated carbocycles. The third kappa shape index (κ3) is 3.19. The van der Waals surface area contributed by atoms with Crippen LogP contribution in [0.2, 0.25) is 0 Å². The van der Waals surface area contributed by atoms with Gasteiger partial charge in [0.15, 0.2) is 0 Å². The van der Waals surface area contributed by atoms with Crippen LogP contribution >= 0.6 is 15.9 Å². The molecule has 0 heterocycles. The number of halogens is 1. The first kappa shape index (κ1) is 12.5. The van der Waals surface area contributed by atoms with Crippen molar-refractivity contribution in [1.82, 2.24) is 0 Å². The lowest BCUT2D eigenvalue weighted by Gasteiger charge is -2.22. The van der Waals surface area contributed by atoms with Crippen LogP contribution in [-0.4, -0.2) is 24.8 Å². The van der Waals surface area contributed by atoms with Gasteiger partial charge >= 0.3 is 0 Å². The van der Waals surface area contributed by atoms with E-state index in [-0.39, 0.29) is 6.61 Å². The predicted octanol–water partition coefficient (Wildman–Crippen LogP) is 1.73. The topological polar surface area (TPSA) is 49.5 Å². The molecular formula is C11H17BrN2O. The number of likely N-dealkylation sites (N-methyl/N-ethyl adjacent to an activating group) is 1. The molecule has 4 heteroatoms. The van der Waals surface area contributed by atoms with Crippen molar-refractivity contribution in [2.24, 2.45) is 5.73 Å². The Labute approximate surface area is 99.0 Å². The van der Waals surface area contributed by atoms with Crippen molar-refractivity contribution in [1.29, 1.82) is 0 Å². The Morgan fingerprint density at radius 2 is 2.20 bits per heavy atom. The van der Waals surface area contributed by atoms with E-state index < -0.39 is 0 Å². The molecule has 0 aliphatic carbocycles. The zero-order valence-electron chi connectivity index (χ0n) is 8.91. The quantitative estimate of drug-likeness (QED) is 0.859. The van der Waals surface area contributed by atoms with Gasteiger partial charge in [0.05, 0.1) is 6.61 Å². The van der Waals surface area contributed by atoms with Crippen molar-refractivity contribution in [3.05, 3.63) is 28.2 Å². The molecular weight excluding hydrogens is 256 g/mol. The van der Waals surface area contributed by atoms with Gasteiger partial charge in [-0.15, -0.1) is 0 Å². The molecule has 0 aromatic heterocycles. The molecule has 0 atom stereocenters. The van der Waals surface area contributed by atoms with Gasteiger partial charge in [-0.05, 0) is 24.6 Å². The molecule has 0 spiro atoms. The van der Waals surface area contributed by atoms with E-state index in [2.05, 4.69) is 27.8 Å². The average Bonchev–Trinajstić information content (AvgIpc) is 2.25. The predicted molar refractivity (Wildman–Crippen MR) is 67.0 cm³/mol. The molecule has 0 bridgehead atoms. The van der Waals surface area contributed by atoms with Crippen LogP contribution < -0.4 is 10.6 Å². The van der Waals surface area contributed by atoms with Crippen LogP contribution in [0.4, 0.5) is 5.69 Å². The van der Waals surface area contributed by atoms with Gasteiger partial charge < -0.3 is 15.7 Å². The van der Waals surface area contributed by atoms with Gasteiger partial charge in [-0.25, -0.2) is 0 Å². The van der Waals surface area contributed by atoms with Crippen molar-refractivity contribution in [2.45, 2.75) is 13.5 Å². The summed E-state index contributed by atoms with van der Waals surface area (Å²) in [5, 5.41) is 8.93. The number of nitrogens with zero attached hydrogens (tertiary/aromatic N) is 1. The molecule has 84 valence electrons. The van der Waals surface area contributed by atoms with Gasteiger partial charge in [-0.3, -0.25) is 0 Å². The van der Waals surface area contributed by atoms with E-state index in [9.17, 15) is 0 Å². The minimum atomic E-state index is 0.171. The van der Waals surface area contributed by atoms with Crippen molar-refractivity contribution in [3.8, 4) is 0 Å². The second-order valence-corrected chi connectivity index (χ2v) is 4.14. The molecule has 1 aromatic rings. The van der Waals surface area contributed by atoms with Gasteiger partial charge in [0.1, 0.15) is 0 Å². The fraction of sp³-hybridized carbons (Fsp3) is 0.455. The number of benzene rings is 1. The Hall–Kier alpha value is -0.580. The van der Waals surface area contributed by atoms with E-state index in [4.69, 9.17) is 10.8 Å². The Morgan fingerprint density at radius 3 is 2.67 bits per heavy atom. The molecule has 0 radical (unpaired) electrons. The van der Waals surface area contributed by atoms with Gasteiger partial charge in [-0.1, -0.05) is 22.0 Å². The Kier molecular flexibility index (Phi) is 5.08. The Morgan fingerprint density at radius 1 is 1.47 bits per heavy atom. The molecule has 0 amide bonds. The minimum absolute atomic E-state index is 0.171. The fourth-order valence-corrected chi connectivity index (χ4v) is 2.02. The van der Waals surface area contributed by atoms with Crippen molar-refractivity contribution in [2.75, 3.05) is 24.6 Å². The van der Waals surface area contributed by atoms with Gasteiger partial charge in [0.25, 0.3) is 0 Å². The van der Waals surface area contributed by atoms with Gasteiger partial charge in [0, 0.05) is 29.8 Å². The summed E-state index contributed by atoms with van der Waals surface area (Å²) in [5.41, 5.74) is 7.79. The normalized spacial score (nSPS) is 10.4. The molecule has 3 nitrogen and oxygen atoms in total. The number of hydrogen-bond donors (Lipinski definition) is 2. The molecule has 1 aromatic carbocycles. The summed E-state index contributed by atoms with van der Waals surface area (Å²) in [5.74, 6) is 0. The first-order chi connectivity index (χ1) is 7.22. The summed E-state index contributed by atoms with van der Waals surface area (Å²) in [6, 6.07) is 6.09. The Bertz CT molecular complexity index is 317. The summed E-state index contributed by atoms with van der Waals surface area (Å²) in [7, 11) is 0. The maximum atomic E-state index is 8.93. The number of aliphatic hydroxyl groups is 1. The number of aliphatic hydroxyl groups excluding tert-OH is 1. The molecule has 15 heavy (non-hydrogen) atoms. The summed E-state index contributed by atoms with van der Waals surface area (Å²) in [6.07, 6.45) is 0. The largest absolute Gasteiger partial charge is 0.395 e. The first-order valence-corrected chi connectivity index (χ1v) is 5.86. The molecule has 0 fully saturated rings. The summed E-state index contributed by atoms with van der Waals surface area (Å²) in [4.78, 5) is 2.12. The lowest BCUT2D eigenvalue weighted by Crippen LogP contribution is -2.26. The van der Waals surface area contributed by atoms with Crippen molar-refractivity contribution in [3.63, 3.8) is 0 Å². The number of rotatable bonds is 5. The van der Waals surface area contributed by atoms with Crippen LogP contribution in [-0.2, 0) is 6.54 Å². The van der Waals surface area contributed by atoms with Crippen LogP contribution in [0.5, 0.6) is 0 Å². The molecule has 3 N–H and O–H groups in total. The highest BCUT2D eigenvalue weighted by Gasteiger charge is 2.05. The van der Waals surface area contributed by atoms with E-state index in [0.29, 0.717) is 13.1 Å². The standard InChI is InChI=1S/C11H17BrN2O/c1-2-14(5-6-15)10-4-3-9(8-13)11(12)7-10/h3-4,7,15H,2,5-6,8,13H2,1H3. The highest BCUT2D eigenvalue weighted by atomic mass is 79.9. The zero-order valence-corrected chi connectivity index (χ0v) is 10.5. The van der Waals surface area contributed by atoms with Crippen LogP contribution in [0, 0.1) is 0 Å². The van der Waals surface area contributed by atoms with Crippen LogP contribution in [0.15, 0.2) is 22.7 Å². The van der Waals surface area contributed by atoms with Crippen molar-refractivity contribution >= 4 is 21.6 Å². The van der Waals surface area contributed by atoms with E-state index in [1.807, 2.05) is 18.2 Å². The van der Waals surface area contributed by atoms with Crippen LogP contribution in [0.3, 0.4) is 0 Å². The third-order valence-corrected chi connectivity index (χ3v) is 3.11. The van der Waals surface area contributed by atoms with Gasteiger partial charge in [0.2, 0.25) is 0 Å². The fourth-order valence-electron chi connectivity index (χ4n) is 1.49. The summed E-state index contributed by atoms with van der Waals surface area (Å²) < 4.78 is 1.03. The molecule has 0 unspecified atom stereocenters. The first-order valence-electron chi connectivity index (χ1n) is 5.07. The molecule has 1 rings (SSSR count). The number of anilines is 1. The second kappa shape index (κ2) is 6.10. The highest BCUT2D eigenvalue weighted by molar-refractivity contribution is 9.10. The minimum Gasteiger partial charge on any atom is -0.395 e. The molecule has 0 aliphatic rings. The second-order valence-electron chi connectivity index (χ2n) is 3.28. The number of hydrogen-bond acceptors (Lipinski definition) is 3. The monoisotopic (exact) mass is 272 g/mol. The Balaban J connectivity index is 2.89. The van der Waals surface area contributed by atoms with Crippen LogP contribution in [0.25, 0.3) is 0 Å². The summed E-state index contributed by atoms with van der Waals surface area (Å²) >= 11 is 3.49. The average molecular weight is 273 g/mol.